The van der Waals surface area contributed by atoms with Crippen LogP contribution in [0, 0.1) is 17.3 Å². The number of nitrogens with one attached hydrogen (secondary N) is 1. The summed E-state index contributed by atoms with van der Waals surface area (Å²) in [5.41, 5.74) is 1.48. The highest BCUT2D eigenvalue weighted by Crippen LogP contribution is 2.66. The third kappa shape index (κ3) is 3.89. The van der Waals surface area contributed by atoms with E-state index in [4.69, 9.17) is 16.0 Å². The largest absolute Gasteiger partial charge is 0.407 e. The molecule has 2 saturated carbocycles. The summed E-state index contributed by atoms with van der Waals surface area (Å²) < 4.78 is 6.82. The van der Waals surface area contributed by atoms with Gasteiger partial charge in [-0.05, 0) is 60.4 Å². The van der Waals surface area contributed by atoms with Crippen LogP contribution in [0.2, 0.25) is 23.2 Å². The lowest BCUT2D eigenvalue weighted by Crippen LogP contribution is -2.41. The predicted octanol–water partition coefficient (Wildman–Crippen LogP) is 5.82. The zero-order valence-corrected chi connectivity index (χ0v) is 18.8. The minimum atomic E-state index is -1.73. The summed E-state index contributed by atoms with van der Waals surface area (Å²) in [5, 5.41) is 4.52. The van der Waals surface area contributed by atoms with Crippen LogP contribution in [-0.4, -0.2) is 25.9 Å². The summed E-state index contributed by atoms with van der Waals surface area (Å²) in [5.74, 6) is 1.82. The maximum Gasteiger partial charge on any atom is 0.193 e. The highest BCUT2D eigenvalue weighted by molar-refractivity contribution is 6.73. The van der Waals surface area contributed by atoms with Crippen molar-refractivity contribution in [1.82, 2.24) is 10.3 Å². The number of aromatic nitrogens is 1. The summed E-state index contributed by atoms with van der Waals surface area (Å²) in [6.45, 7) is 12.5. The first-order valence-corrected chi connectivity index (χ1v) is 13.3. The van der Waals surface area contributed by atoms with Crippen molar-refractivity contribution in [3.05, 3.63) is 29.0 Å². The summed E-state index contributed by atoms with van der Waals surface area (Å²) >= 11 is 6.49. The van der Waals surface area contributed by atoms with Crippen LogP contribution in [-0.2, 0) is 4.43 Å². The fourth-order valence-corrected chi connectivity index (χ4v) is 8.12. The summed E-state index contributed by atoms with van der Waals surface area (Å²) in [6.07, 6.45) is 4.40. The van der Waals surface area contributed by atoms with Gasteiger partial charge in [0, 0.05) is 18.8 Å². The number of fused-ring (bicyclic) bond motifs is 1. The van der Waals surface area contributed by atoms with Crippen LogP contribution in [0.3, 0.4) is 0 Å². The van der Waals surface area contributed by atoms with Gasteiger partial charge in [-0.3, -0.25) is 4.98 Å². The smallest absolute Gasteiger partial charge is 0.193 e. The standard InChI is InChI=1S/C21H35ClN2OSi/c1-6-26(7-2,8-3)25-19(20-18(22)10-9-11-23-20)14-24-15-12-16-17(13-15)21(16,4)5/h9-11,15-17,19,24H,6-8,12-14H2,1-5H3/t15?,16-,17+,19?. The lowest BCUT2D eigenvalue weighted by atomic mass is 9.98. The molecule has 5 heteroatoms. The van der Waals surface area contributed by atoms with Gasteiger partial charge in [0.15, 0.2) is 8.32 Å². The van der Waals surface area contributed by atoms with Crippen LogP contribution in [0.4, 0.5) is 0 Å². The van der Waals surface area contributed by atoms with Crippen LogP contribution < -0.4 is 5.32 Å². The number of hydrogen-bond donors (Lipinski definition) is 1. The Morgan fingerprint density at radius 1 is 1.23 bits per heavy atom. The van der Waals surface area contributed by atoms with E-state index in [0.29, 0.717) is 11.5 Å². The molecule has 0 bridgehead atoms. The number of nitrogens with zero attached hydrogens (tertiary/aromatic N) is 1. The summed E-state index contributed by atoms with van der Waals surface area (Å²) in [6, 6.07) is 7.87. The third-order valence-corrected chi connectivity index (χ3v) is 12.3. The molecule has 26 heavy (non-hydrogen) atoms. The maximum atomic E-state index is 6.82. The molecule has 0 aliphatic heterocycles. The first kappa shape index (κ1) is 20.3. The molecule has 2 aliphatic rings. The number of pyridine rings is 1. The highest BCUT2D eigenvalue weighted by Gasteiger charge is 2.61. The molecule has 0 amide bonds. The van der Waals surface area contributed by atoms with Gasteiger partial charge in [0.2, 0.25) is 0 Å². The van der Waals surface area contributed by atoms with Crippen molar-refractivity contribution in [2.24, 2.45) is 17.3 Å². The molecule has 2 unspecified atom stereocenters. The summed E-state index contributed by atoms with van der Waals surface area (Å²) in [7, 11) is -1.73. The van der Waals surface area contributed by atoms with Gasteiger partial charge >= 0.3 is 0 Å². The van der Waals surface area contributed by atoms with Gasteiger partial charge in [-0.1, -0.05) is 46.2 Å². The molecule has 2 aliphatic carbocycles. The van der Waals surface area contributed by atoms with Gasteiger partial charge < -0.3 is 9.74 Å². The first-order valence-electron chi connectivity index (χ1n) is 10.4. The van der Waals surface area contributed by atoms with E-state index in [2.05, 4.69) is 44.9 Å². The van der Waals surface area contributed by atoms with Crippen molar-refractivity contribution >= 4 is 19.9 Å². The Balaban J connectivity index is 1.69. The maximum absolute atomic E-state index is 6.82. The molecule has 0 spiro atoms. The number of halogens is 1. The molecule has 4 atom stereocenters. The quantitative estimate of drug-likeness (QED) is 0.535. The van der Waals surface area contributed by atoms with Gasteiger partial charge in [0.1, 0.15) is 6.10 Å². The van der Waals surface area contributed by atoms with Crippen LogP contribution in [0.25, 0.3) is 0 Å². The Hall–Kier alpha value is -0.423. The first-order chi connectivity index (χ1) is 12.4. The zero-order valence-electron chi connectivity index (χ0n) is 17.0. The van der Waals surface area contributed by atoms with Crippen LogP contribution in [0.5, 0.6) is 0 Å². The van der Waals surface area contributed by atoms with E-state index < -0.39 is 8.32 Å². The Labute approximate surface area is 165 Å². The molecule has 0 aromatic carbocycles. The molecule has 0 radical (unpaired) electrons. The minimum Gasteiger partial charge on any atom is -0.407 e. The molecule has 0 saturated heterocycles. The molecule has 2 fully saturated rings. The fourth-order valence-electron chi connectivity index (χ4n) is 5.07. The van der Waals surface area contributed by atoms with Crippen LogP contribution in [0.15, 0.2) is 18.3 Å². The van der Waals surface area contributed by atoms with Gasteiger partial charge in [-0.15, -0.1) is 0 Å². The van der Waals surface area contributed by atoms with Crippen molar-refractivity contribution in [3.63, 3.8) is 0 Å². The second-order valence-electron chi connectivity index (χ2n) is 8.83. The van der Waals surface area contributed by atoms with Crippen molar-refractivity contribution in [1.29, 1.82) is 0 Å². The van der Waals surface area contributed by atoms with Crippen molar-refractivity contribution in [2.45, 2.75) is 77.7 Å². The minimum absolute atomic E-state index is 0.0415. The van der Waals surface area contributed by atoms with Gasteiger partial charge in [0.05, 0.1) is 10.7 Å². The average molecular weight is 395 g/mol. The third-order valence-electron chi connectivity index (χ3n) is 7.37. The van der Waals surface area contributed by atoms with E-state index in [1.54, 1.807) is 0 Å². The Bertz CT molecular complexity index is 598. The van der Waals surface area contributed by atoms with Crippen molar-refractivity contribution in [2.75, 3.05) is 6.54 Å². The molecule has 1 aromatic heterocycles. The average Bonchev–Trinajstić information content (AvgIpc) is 2.99. The molecular weight excluding hydrogens is 360 g/mol. The molecule has 1 aromatic rings. The molecular formula is C21H35ClN2OSi. The van der Waals surface area contributed by atoms with Crippen molar-refractivity contribution in [3.8, 4) is 0 Å². The summed E-state index contributed by atoms with van der Waals surface area (Å²) in [4.78, 5) is 4.58. The molecule has 3 nitrogen and oxygen atoms in total. The Morgan fingerprint density at radius 3 is 2.38 bits per heavy atom. The highest BCUT2D eigenvalue weighted by atomic mass is 35.5. The predicted molar refractivity (Wildman–Crippen MR) is 112 cm³/mol. The van der Waals surface area contributed by atoms with E-state index in [-0.39, 0.29) is 6.10 Å². The molecule has 1 N–H and O–H groups in total. The molecule has 3 rings (SSSR count). The topological polar surface area (TPSA) is 34.1 Å². The number of rotatable bonds is 9. The van der Waals surface area contributed by atoms with E-state index in [0.717, 1.165) is 47.2 Å². The van der Waals surface area contributed by atoms with Crippen molar-refractivity contribution < 1.29 is 4.43 Å². The Kier molecular flexibility index (Phi) is 6.17. The zero-order chi connectivity index (χ0) is 18.9. The SMILES string of the molecule is CC[Si](CC)(CC)OC(CNC1C[C@@H]2[C@H](C1)C2(C)C)c1ncccc1Cl. The van der Waals surface area contributed by atoms with E-state index in [1.165, 1.54) is 12.8 Å². The molecule has 1 heterocycles. The normalized spacial score (nSPS) is 28.0. The second kappa shape index (κ2) is 7.90. The van der Waals surface area contributed by atoms with E-state index in [9.17, 15) is 0 Å². The second-order valence-corrected chi connectivity index (χ2v) is 14.0. The van der Waals surface area contributed by atoms with E-state index in [1.807, 2.05) is 18.3 Å². The number of hydrogen-bond acceptors (Lipinski definition) is 3. The van der Waals surface area contributed by atoms with Crippen LogP contribution in [0.1, 0.15) is 59.3 Å². The van der Waals surface area contributed by atoms with Gasteiger partial charge in [-0.25, -0.2) is 0 Å². The Morgan fingerprint density at radius 2 is 1.85 bits per heavy atom. The van der Waals surface area contributed by atoms with E-state index >= 15 is 0 Å². The van der Waals surface area contributed by atoms with Gasteiger partial charge in [-0.2, -0.15) is 0 Å². The van der Waals surface area contributed by atoms with Gasteiger partial charge in [0.25, 0.3) is 0 Å². The molecule has 146 valence electrons. The van der Waals surface area contributed by atoms with Crippen LogP contribution >= 0.6 is 11.6 Å². The fraction of sp³-hybridized carbons (Fsp3) is 0.762. The lowest BCUT2D eigenvalue weighted by molar-refractivity contribution is 0.174. The lowest BCUT2D eigenvalue weighted by Gasteiger charge is -2.34. The monoisotopic (exact) mass is 394 g/mol.